The molecule has 0 radical (unpaired) electrons. The summed E-state index contributed by atoms with van der Waals surface area (Å²) >= 11 is 4.31. The molecule has 0 saturated heterocycles. The van der Waals surface area contributed by atoms with E-state index in [1.165, 1.54) is 34.9 Å². The highest BCUT2D eigenvalue weighted by molar-refractivity contribution is 8.01. The van der Waals surface area contributed by atoms with Crippen molar-refractivity contribution in [1.82, 2.24) is 9.97 Å². The van der Waals surface area contributed by atoms with Crippen LogP contribution in [0.2, 0.25) is 0 Å². The van der Waals surface area contributed by atoms with Crippen LogP contribution in [-0.2, 0) is 9.59 Å². The molecule has 0 aliphatic rings. The van der Waals surface area contributed by atoms with Crippen LogP contribution < -0.4 is 10.6 Å². The van der Waals surface area contributed by atoms with Crippen LogP contribution in [0.15, 0.2) is 70.2 Å². The smallest absolute Gasteiger partial charge is 0.234 e. The Labute approximate surface area is 204 Å². The second-order valence-corrected chi connectivity index (χ2v) is 10.5. The molecule has 2 amide bonds. The van der Waals surface area contributed by atoms with E-state index in [1.807, 2.05) is 68.4 Å². The summed E-state index contributed by atoms with van der Waals surface area (Å²) in [6.45, 7) is 4.02. The summed E-state index contributed by atoms with van der Waals surface area (Å²) in [5, 5.41) is 6.71. The van der Waals surface area contributed by atoms with Gasteiger partial charge in [-0.25, -0.2) is 9.97 Å². The van der Waals surface area contributed by atoms with Gasteiger partial charge < -0.3 is 10.6 Å². The molecule has 2 N–H and O–H groups in total. The van der Waals surface area contributed by atoms with Crippen LogP contribution in [0.3, 0.4) is 0 Å². The van der Waals surface area contributed by atoms with Gasteiger partial charge in [-0.15, -0.1) is 11.3 Å². The quantitative estimate of drug-likeness (QED) is 0.303. The molecule has 9 heteroatoms. The lowest BCUT2D eigenvalue weighted by molar-refractivity contribution is -0.114. The minimum atomic E-state index is -0.0905. The maximum atomic E-state index is 12.4. The van der Waals surface area contributed by atoms with Crippen molar-refractivity contribution in [2.75, 3.05) is 22.1 Å². The number of amides is 2. The van der Waals surface area contributed by atoms with Gasteiger partial charge in [0.2, 0.25) is 11.8 Å². The van der Waals surface area contributed by atoms with Gasteiger partial charge >= 0.3 is 0 Å². The number of carbonyl (C=O) groups excluding carboxylic acids is 2. The fourth-order valence-corrected chi connectivity index (χ4v) is 5.58. The number of nitrogens with one attached hydrogen (secondary N) is 2. The summed E-state index contributed by atoms with van der Waals surface area (Å²) < 4.78 is 1.78. The van der Waals surface area contributed by atoms with Crippen molar-refractivity contribution in [1.29, 1.82) is 0 Å². The summed E-state index contributed by atoms with van der Waals surface area (Å²) in [6, 6.07) is 17.1. The molecule has 6 nitrogen and oxygen atoms in total. The molecule has 0 saturated carbocycles. The van der Waals surface area contributed by atoms with Gasteiger partial charge in [0.25, 0.3) is 0 Å². The predicted molar refractivity (Wildman–Crippen MR) is 138 cm³/mol. The largest absolute Gasteiger partial charge is 0.325 e. The number of anilines is 2. The third kappa shape index (κ3) is 6.34. The Morgan fingerprint density at radius 3 is 2.58 bits per heavy atom. The summed E-state index contributed by atoms with van der Waals surface area (Å²) in [4.78, 5) is 33.5. The van der Waals surface area contributed by atoms with Crippen LogP contribution in [-0.4, -0.2) is 33.3 Å². The molecule has 0 aliphatic heterocycles. The summed E-state index contributed by atoms with van der Waals surface area (Å²) in [7, 11) is 0. The van der Waals surface area contributed by atoms with Crippen LogP contribution >= 0.6 is 34.9 Å². The van der Waals surface area contributed by atoms with E-state index in [0.717, 1.165) is 42.1 Å². The van der Waals surface area contributed by atoms with Gasteiger partial charge in [0, 0.05) is 17.6 Å². The normalized spacial score (nSPS) is 10.8. The molecule has 4 rings (SSSR count). The van der Waals surface area contributed by atoms with Crippen molar-refractivity contribution in [3.63, 3.8) is 0 Å². The third-order valence-corrected chi connectivity index (χ3v) is 7.95. The Morgan fingerprint density at radius 1 is 0.939 bits per heavy atom. The van der Waals surface area contributed by atoms with E-state index < -0.39 is 0 Å². The van der Waals surface area contributed by atoms with Crippen LogP contribution in [0.4, 0.5) is 11.4 Å². The lowest BCUT2D eigenvalue weighted by Gasteiger charge is -2.09. The van der Waals surface area contributed by atoms with Gasteiger partial charge in [0.15, 0.2) is 4.34 Å². The van der Waals surface area contributed by atoms with Gasteiger partial charge in [-0.2, -0.15) is 0 Å². The number of carbonyl (C=O) groups is 2. The number of aryl methyl sites for hydroxylation is 1. The molecule has 0 atom stereocenters. The number of aromatic nitrogens is 2. The fourth-order valence-electron chi connectivity index (χ4n) is 3.01. The van der Waals surface area contributed by atoms with Crippen molar-refractivity contribution >= 4 is 68.3 Å². The maximum Gasteiger partial charge on any atom is 0.234 e. The van der Waals surface area contributed by atoms with Gasteiger partial charge in [0.1, 0.15) is 0 Å². The lowest BCUT2D eigenvalue weighted by Crippen LogP contribution is -2.15. The Bertz CT molecular complexity index is 1290. The Hall–Kier alpha value is -2.88. The molecule has 0 spiro atoms. The van der Waals surface area contributed by atoms with Crippen molar-refractivity contribution in [2.45, 2.75) is 23.2 Å². The summed E-state index contributed by atoms with van der Waals surface area (Å²) in [6.07, 6.45) is 1.71. The van der Waals surface area contributed by atoms with Gasteiger partial charge in [-0.1, -0.05) is 41.7 Å². The molecule has 2 aromatic carbocycles. The van der Waals surface area contributed by atoms with E-state index in [1.54, 1.807) is 6.20 Å². The topological polar surface area (TPSA) is 84.0 Å². The molecule has 2 aromatic heterocycles. The molecular weight excluding hydrogens is 472 g/mol. The first-order valence-electron chi connectivity index (χ1n) is 10.2. The van der Waals surface area contributed by atoms with E-state index in [4.69, 9.17) is 0 Å². The Balaban J connectivity index is 1.32. The van der Waals surface area contributed by atoms with Crippen molar-refractivity contribution in [3.05, 3.63) is 71.9 Å². The minimum Gasteiger partial charge on any atom is -0.325 e. The SMILES string of the molecule is Cc1cccc(NC(=O)CSc2nc3ccc(NC(=O)CSc4ccccn4)cc3s2)c1C. The molecule has 33 heavy (non-hydrogen) atoms. The van der Waals surface area contributed by atoms with Crippen molar-refractivity contribution in [2.24, 2.45) is 0 Å². The van der Waals surface area contributed by atoms with Gasteiger partial charge in [-0.3, -0.25) is 9.59 Å². The molecule has 0 aliphatic carbocycles. The number of hydrogen-bond donors (Lipinski definition) is 2. The van der Waals surface area contributed by atoms with E-state index in [9.17, 15) is 9.59 Å². The number of benzene rings is 2. The molecule has 0 fully saturated rings. The van der Waals surface area contributed by atoms with Crippen LogP contribution in [0.1, 0.15) is 11.1 Å². The number of hydrogen-bond acceptors (Lipinski definition) is 7. The first-order chi connectivity index (χ1) is 16.0. The molecule has 4 aromatic rings. The first-order valence-corrected chi connectivity index (χ1v) is 13.0. The number of thiazole rings is 1. The van der Waals surface area contributed by atoms with E-state index in [2.05, 4.69) is 20.6 Å². The molecule has 2 heterocycles. The number of pyridine rings is 1. The Kier molecular flexibility index (Phi) is 7.64. The van der Waals surface area contributed by atoms with Crippen LogP contribution in [0.5, 0.6) is 0 Å². The zero-order valence-electron chi connectivity index (χ0n) is 18.1. The van der Waals surface area contributed by atoms with Crippen molar-refractivity contribution < 1.29 is 9.59 Å². The fraction of sp³-hybridized carbons (Fsp3) is 0.167. The zero-order chi connectivity index (χ0) is 23.2. The van der Waals surface area contributed by atoms with Gasteiger partial charge in [0.05, 0.1) is 26.7 Å². The van der Waals surface area contributed by atoms with Crippen LogP contribution in [0.25, 0.3) is 10.2 Å². The maximum absolute atomic E-state index is 12.4. The average Bonchev–Trinajstić information content (AvgIpc) is 3.22. The highest BCUT2D eigenvalue weighted by Gasteiger charge is 2.11. The Morgan fingerprint density at radius 2 is 1.76 bits per heavy atom. The monoisotopic (exact) mass is 494 g/mol. The van der Waals surface area contributed by atoms with E-state index >= 15 is 0 Å². The highest BCUT2D eigenvalue weighted by atomic mass is 32.2. The third-order valence-electron chi connectivity index (χ3n) is 4.85. The van der Waals surface area contributed by atoms with Crippen LogP contribution in [0, 0.1) is 13.8 Å². The zero-order valence-corrected chi connectivity index (χ0v) is 20.6. The highest BCUT2D eigenvalue weighted by Crippen LogP contribution is 2.31. The van der Waals surface area contributed by atoms with E-state index in [-0.39, 0.29) is 23.3 Å². The minimum absolute atomic E-state index is 0.0636. The molecule has 0 unspecified atom stereocenters. The number of fused-ring (bicyclic) bond motifs is 1. The number of rotatable bonds is 8. The second kappa shape index (κ2) is 10.8. The average molecular weight is 495 g/mol. The molecular formula is C24H22N4O2S3. The predicted octanol–water partition coefficient (Wildman–Crippen LogP) is 5.77. The lowest BCUT2D eigenvalue weighted by atomic mass is 10.1. The van der Waals surface area contributed by atoms with E-state index in [0.29, 0.717) is 0 Å². The molecule has 0 bridgehead atoms. The van der Waals surface area contributed by atoms with Gasteiger partial charge in [-0.05, 0) is 61.4 Å². The number of thioether (sulfide) groups is 2. The number of nitrogens with zero attached hydrogens (tertiary/aromatic N) is 2. The standard InChI is InChI=1S/C24H22N4O2S3/c1-15-6-5-7-18(16(15)2)27-22(30)14-32-24-28-19-10-9-17(12-20(19)33-24)26-21(29)13-31-23-8-3-4-11-25-23/h3-12H,13-14H2,1-2H3,(H,26,29)(H,27,30). The van der Waals surface area contributed by atoms with Crippen molar-refractivity contribution in [3.8, 4) is 0 Å². The molecule has 168 valence electrons. The second-order valence-electron chi connectivity index (χ2n) is 7.25. The first kappa shape index (κ1) is 23.3. The summed E-state index contributed by atoms with van der Waals surface area (Å²) in [5.41, 5.74) is 4.63. The summed E-state index contributed by atoms with van der Waals surface area (Å²) in [5.74, 6) is 0.411.